The van der Waals surface area contributed by atoms with Gasteiger partial charge in [-0.3, -0.25) is 4.79 Å². The Labute approximate surface area is 59.1 Å². The summed E-state index contributed by atoms with van der Waals surface area (Å²) >= 11 is 5.31. The largest absolute Gasteiger partial charge is 0.318 e. The molecule has 3 heteroatoms. The summed E-state index contributed by atoms with van der Waals surface area (Å²) in [6, 6.07) is 0. The summed E-state index contributed by atoms with van der Waals surface area (Å²) in [5, 5.41) is 0. The van der Waals surface area contributed by atoms with Crippen molar-refractivity contribution in [2.75, 3.05) is 12.4 Å². The smallest absolute Gasteiger partial charge is 0.241 e. The summed E-state index contributed by atoms with van der Waals surface area (Å²) in [6.45, 7) is 0.797. The molecule has 0 aromatic carbocycles. The number of hydrogen-bond acceptors (Lipinski definition) is 1. The van der Waals surface area contributed by atoms with Crippen LogP contribution in [0.4, 0.5) is 0 Å². The summed E-state index contributed by atoms with van der Waals surface area (Å²) in [4.78, 5) is 12.4. The van der Waals surface area contributed by atoms with Gasteiger partial charge >= 0.3 is 0 Å². The molecule has 9 heavy (non-hydrogen) atoms. The molecule has 0 aromatic rings. The summed E-state index contributed by atoms with van der Waals surface area (Å²) in [6.07, 6.45) is 4.71. The molecule has 0 N–H and O–H groups in total. The SMILES string of the molecule is O=C(CCl)N1C=CCC1. The van der Waals surface area contributed by atoms with Crippen molar-refractivity contribution in [1.82, 2.24) is 4.90 Å². The van der Waals surface area contributed by atoms with E-state index in [0.29, 0.717) is 0 Å². The lowest BCUT2D eigenvalue weighted by Crippen LogP contribution is -2.24. The van der Waals surface area contributed by atoms with E-state index in [4.69, 9.17) is 11.6 Å². The van der Waals surface area contributed by atoms with Gasteiger partial charge in [0.2, 0.25) is 5.91 Å². The minimum atomic E-state index is -0.00887. The first-order valence-corrected chi connectivity index (χ1v) is 3.40. The fourth-order valence-corrected chi connectivity index (χ4v) is 0.928. The molecule has 1 amide bonds. The topological polar surface area (TPSA) is 20.3 Å². The van der Waals surface area contributed by atoms with Crippen molar-refractivity contribution in [1.29, 1.82) is 0 Å². The second-order valence-electron chi connectivity index (χ2n) is 1.89. The maximum atomic E-state index is 10.8. The van der Waals surface area contributed by atoms with Crippen LogP contribution in [0.25, 0.3) is 0 Å². The molecule has 0 saturated heterocycles. The van der Waals surface area contributed by atoms with E-state index >= 15 is 0 Å². The Balaban J connectivity index is 2.43. The van der Waals surface area contributed by atoms with Gasteiger partial charge in [0.1, 0.15) is 5.88 Å². The van der Waals surface area contributed by atoms with Crippen LogP contribution < -0.4 is 0 Å². The van der Waals surface area contributed by atoms with Crippen LogP contribution >= 0.6 is 11.6 Å². The van der Waals surface area contributed by atoms with Crippen LogP contribution in [0.1, 0.15) is 6.42 Å². The molecule has 1 aliphatic rings. The van der Waals surface area contributed by atoms with Crippen LogP contribution in [0.2, 0.25) is 0 Å². The van der Waals surface area contributed by atoms with Gasteiger partial charge in [-0.15, -0.1) is 11.6 Å². The minimum Gasteiger partial charge on any atom is -0.318 e. The third-order valence-electron chi connectivity index (χ3n) is 1.26. The van der Waals surface area contributed by atoms with Gasteiger partial charge in [-0.05, 0) is 6.42 Å². The number of carbonyl (C=O) groups excluding carboxylic acids is 1. The highest BCUT2D eigenvalue weighted by Crippen LogP contribution is 2.04. The van der Waals surface area contributed by atoms with Crippen LogP contribution in [0.3, 0.4) is 0 Å². The lowest BCUT2D eigenvalue weighted by molar-refractivity contribution is -0.125. The third-order valence-corrected chi connectivity index (χ3v) is 1.49. The van der Waals surface area contributed by atoms with Crippen LogP contribution in [-0.2, 0) is 4.79 Å². The van der Waals surface area contributed by atoms with E-state index in [9.17, 15) is 4.79 Å². The van der Waals surface area contributed by atoms with Crippen molar-refractivity contribution in [3.63, 3.8) is 0 Å². The molecular formula is C6H8ClNO. The van der Waals surface area contributed by atoms with Crippen molar-refractivity contribution < 1.29 is 4.79 Å². The Morgan fingerprint density at radius 3 is 3.00 bits per heavy atom. The quantitative estimate of drug-likeness (QED) is 0.504. The molecule has 0 unspecified atom stereocenters. The highest BCUT2D eigenvalue weighted by atomic mass is 35.5. The first-order valence-electron chi connectivity index (χ1n) is 2.86. The molecule has 1 heterocycles. The highest BCUT2D eigenvalue weighted by Gasteiger charge is 2.10. The molecule has 0 fully saturated rings. The van der Waals surface area contributed by atoms with E-state index in [1.165, 1.54) is 0 Å². The maximum Gasteiger partial charge on any atom is 0.241 e. The van der Waals surface area contributed by atoms with Gasteiger partial charge in [-0.25, -0.2) is 0 Å². The van der Waals surface area contributed by atoms with Crippen LogP contribution in [0, 0.1) is 0 Å². The maximum absolute atomic E-state index is 10.8. The Kier molecular flexibility index (Phi) is 2.11. The lowest BCUT2D eigenvalue weighted by Gasteiger charge is -2.09. The molecule has 2 nitrogen and oxygen atoms in total. The van der Waals surface area contributed by atoms with Crippen LogP contribution in [-0.4, -0.2) is 23.2 Å². The number of rotatable bonds is 1. The molecule has 0 spiro atoms. The van der Waals surface area contributed by atoms with Crippen molar-refractivity contribution in [3.8, 4) is 0 Å². The van der Waals surface area contributed by atoms with Gasteiger partial charge in [0.15, 0.2) is 0 Å². The molecular weight excluding hydrogens is 138 g/mol. The van der Waals surface area contributed by atoms with Crippen LogP contribution in [0.5, 0.6) is 0 Å². The van der Waals surface area contributed by atoms with Crippen LogP contribution in [0.15, 0.2) is 12.3 Å². The van der Waals surface area contributed by atoms with Crippen molar-refractivity contribution in [2.45, 2.75) is 6.42 Å². The van der Waals surface area contributed by atoms with Gasteiger partial charge in [0.25, 0.3) is 0 Å². The van der Waals surface area contributed by atoms with E-state index in [2.05, 4.69) is 0 Å². The Bertz CT molecular complexity index is 144. The van der Waals surface area contributed by atoms with E-state index in [-0.39, 0.29) is 11.8 Å². The van der Waals surface area contributed by atoms with E-state index in [0.717, 1.165) is 13.0 Å². The molecule has 0 atom stereocenters. The Morgan fingerprint density at radius 2 is 2.56 bits per heavy atom. The average molecular weight is 146 g/mol. The molecule has 50 valence electrons. The standard InChI is InChI=1S/C6H8ClNO/c7-5-6(9)8-3-1-2-4-8/h1,3H,2,4-5H2. The molecule has 0 saturated carbocycles. The zero-order valence-corrected chi connectivity index (χ0v) is 5.77. The normalized spacial score (nSPS) is 16.8. The predicted molar refractivity (Wildman–Crippen MR) is 36.2 cm³/mol. The molecule has 1 aliphatic heterocycles. The zero-order valence-electron chi connectivity index (χ0n) is 5.01. The lowest BCUT2D eigenvalue weighted by atomic mass is 10.5. The van der Waals surface area contributed by atoms with Gasteiger partial charge < -0.3 is 4.90 Å². The number of amides is 1. The Morgan fingerprint density at radius 1 is 1.78 bits per heavy atom. The highest BCUT2D eigenvalue weighted by molar-refractivity contribution is 6.27. The summed E-state index contributed by atoms with van der Waals surface area (Å²) < 4.78 is 0. The molecule has 0 bridgehead atoms. The first-order chi connectivity index (χ1) is 4.34. The molecule has 0 aliphatic carbocycles. The van der Waals surface area contributed by atoms with Crippen molar-refractivity contribution in [2.24, 2.45) is 0 Å². The fraction of sp³-hybridized carbons (Fsp3) is 0.500. The van der Waals surface area contributed by atoms with Crippen molar-refractivity contribution >= 4 is 17.5 Å². The molecule has 0 aromatic heterocycles. The number of nitrogens with zero attached hydrogens (tertiary/aromatic N) is 1. The van der Waals surface area contributed by atoms with Crippen molar-refractivity contribution in [3.05, 3.63) is 12.3 Å². The second kappa shape index (κ2) is 2.87. The van der Waals surface area contributed by atoms with Gasteiger partial charge in [0.05, 0.1) is 0 Å². The van der Waals surface area contributed by atoms with E-state index in [1.807, 2.05) is 6.08 Å². The van der Waals surface area contributed by atoms with E-state index in [1.54, 1.807) is 11.1 Å². The van der Waals surface area contributed by atoms with E-state index < -0.39 is 0 Å². The first kappa shape index (κ1) is 6.62. The van der Waals surface area contributed by atoms with Gasteiger partial charge in [0, 0.05) is 12.7 Å². The summed E-state index contributed by atoms with van der Waals surface area (Å²) in [5.74, 6) is 0.0788. The Hall–Kier alpha value is -0.500. The van der Waals surface area contributed by atoms with Gasteiger partial charge in [-0.1, -0.05) is 6.08 Å². The van der Waals surface area contributed by atoms with Gasteiger partial charge in [-0.2, -0.15) is 0 Å². The predicted octanol–water partition coefficient (Wildman–Crippen LogP) is 0.971. The average Bonchev–Trinajstić information content (AvgIpc) is 2.37. The number of hydrogen-bond donors (Lipinski definition) is 0. The monoisotopic (exact) mass is 145 g/mol. The third kappa shape index (κ3) is 1.45. The molecule has 1 rings (SSSR count). The number of carbonyl (C=O) groups is 1. The zero-order chi connectivity index (χ0) is 6.69. The number of halogens is 1. The fourth-order valence-electron chi connectivity index (χ4n) is 0.775. The summed E-state index contributed by atoms with van der Waals surface area (Å²) in [5.41, 5.74) is 0. The summed E-state index contributed by atoms with van der Waals surface area (Å²) in [7, 11) is 0. The molecule has 0 radical (unpaired) electrons. The minimum absolute atomic E-state index is 0.00887. The second-order valence-corrected chi connectivity index (χ2v) is 2.16. The number of alkyl halides is 1.